The van der Waals surface area contributed by atoms with Gasteiger partial charge in [0.1, 0.15) is 47.0 Å². The number of carbonyl (C=O) groups excluding carboxylic acids is 1. The normalized spacial score (nSPS) is 14.5. The van der Waals surface area contributed by atoms with Crippen molar-refractivity contribution in [3.05, 3.63) is 135 Å². The zero-order valence-corrected chi connectivity index (χ0v) is 34.9. The maximum Gasteiger partial charge on any atom is 0.195 e. The molecule has 3 aromatic heterocycles. The number of aryl methyl sites for hydroxylation is 2. The van der Waals surface area contributed by atoms with Gasteiger partial charge >= 0.3 is 0 Å². The molecule has 0 spiro atoms. The van der Waals surface area contributed by atoms with E-state index in [-0.39, 0.29) is 17.3 Å². The molecule has 1 saturated heterocycles. The number of piperidine rings is 1. The molecule has 0 atom stereocenters. The van der Waals surface area contributed by atoms with Crippen molar-refractivity contribution in [3.63, 3.8) is 0 Å². The van der Waals surface area contributed by atoms with Gasteiger partial charge in [-0.15, -0.1) is 32.9 Å². The Labute approximate surface area is 351 Å². The van der Waals surface area contributed by atoms with Gasteiger partial charge in [0, 0.05) is 48.6 Å². The number of nitrogens with zero attached hydrogens (tertiary/aromatic N) is 5. The Morgan fingerprint density at radius 2 is 1.47 bits per heavy atom. The number of aromatic hydroxyl groups is 2. The molecule has 2 N–H and O–H groups in total. The molecule has 0 unspecified atom stereocenters. The number of hydrogen-bond acceptors (Lipinski definition) is 11. The maximum absolute atomic E-state index is 13.9. The van der Waals surface area contributed by atoms with Crippen LogP contribution in [0.25, 0.3) is 25.5 Å². The summed E-state index contributed by atoms with van der Waals surface area (Å²) in [6.45, 7) is 11.0. The molecule has 9 rings (SSSR count). The Morgan fingerprint density at radius 1 is 0.797 bits per heavy atom. The Bertz CT molecular complexity index is 2670. The quantitative estimate of drug-likeness (QED) is 0.117. The molecule has 12 heteroatoms. The van der Waals surface area contributed by atoms with Crippen molar-refractivity contribution in [2.24, 2.45) is 10.9 Å². The smallest absolute Gasteiger partial charge is 0.195 e. The molecular formula is C47H45N5O5S2. The van der Waals surface area contributed by atoms with Crippen LogP contribution in [-0.2, 0) is 6.54 Å². The lowest BCUT2D eigenvalue weighted by atomic mass is 9.94. The predicted octanol–water partition coefficient (Wildman–Crippen LogP) is 9.69. The van der Waals surface area contributed by atoms with E-state index in [9.17, 15) is 15.0 Å². The third kappa shape index (κ3) is 7.87. The minimum absolute atomic E-state index is 0.103. The van der Waals surface area contributed by atoms with E-state index in [1.807, 2.05) is 31.2 Å². The number of ketones is 1. The van der Waals surface area contributed by atoms with Crippen LogP contribution >= 0.6 is 22.7 Å². The van der Waals surface area contributed by atoms with Crippen LogP contribution < -0.4 is 9.47 Å². The minimum Gasteiger partial charge on any atom is -0.508 e. The highest BCUT2D eigenvalue weighted by molar-refractivity contribution is 7.22. The van der Waals surface area contributed by atoms with Gasteiger partial charge in [-0.25, -0.2) is 0 Å². The molecule has 0 aliphatic carbocycles. The Kier molecular flexibility index (Phi) is 10.8. The highest BCUT2D eigenvalue weighted by atomic mass is 32.1. The summed E-state index contributed by atoms with van der Waals surface area (Å²) in [6, 6.07) is 27.6. The van der Waals surface area contributed by atoms with Crippen molar-refractivity contribution < 1.29 is 24.5 Å². The summed E-state index contributed by atoms with van der Waals surface area (Å²) < 4.78 is 15.3. The summed E-state index contributed by atoms with van der Waals surface area (Å²) in [6.07, 6.45) is 3.30. The van der Waals surface area contributed by atoms with Crippen LogP contribution in [-0.4, -0.2) is 74.2 Å². The van der Waals surface area contributed by atoms with Gasteiger partial charge in [0.05, 0.1) is 12.3 Å². The highest BCUT2D eigenvalue weighted by Crippen LogP contribution is 2.42. The number of hydrogen-bond donors (Lipinski definition) is 2. The average molecular weight is 824 g/mol. The molecule has 0 saturated carbocycles. The molecule has 0 amide bonds. The highest BCUT2D eigenvalue weighted by Gasteiger charge is 2.27. The molecule has 300 valence electrons. The number of ether oxygens (including phenoxy) is 2. The first-order chi connectivity index (χ1) is 28.7. The third-order valence-corrected chi connectivity index (χ3v) is 13.9. The fourth-order valence-corrected chi connectivity index (χ4v) is 10.6. The molecule has 4 aromatic carbocycles. The number of phenolic OH excluding ortho intramolecular Hbond substituents is 2. The first-order valence-electron chi connectivity index (χ1n) is 20.0. The van der Waals surface area contributed by atoms with Crippen LogP contribution in [0.4, 0.5) is 0 Å². The van der Waals surface area contributed by atoms with Gasteiger partial charge in [0.25, 0.3) is 0 Å². The van der Waals surface area contributed by atoms with Crippen molar-refractivity contribution in [1.29, 1.82) is 0 Å². The predicted molar refractivity (Wildman–Crippen MR) is 234 cm³/mol. The van der Waals surface area contributed by atoms with Gasteiger partial charge in [0.15, 0.2) is 11.6 Å². The molecule has 2 aliphatic heterocycles. The van der Waals surface area contributed by atoms with Crippen LogP contribution in [0.2, 0.25) is 0 Å². The minimum atomic E-state index is -0.103. The number of rotatable bonds is 12. The van der Waals surface area contributed by atoms with E-state index in [0.29, 0.717) is 36.8 Å². The molecule has 5 heterocycles. The second-order valence-electron chi connectivity index (χ2n) is 15.3. The van der Waals surface area contributed by atoms with Gasteiger partial charge in [-0.05, 0) is 161 Å². The van der Waals surface area contributed by atoms with Crippen molar-refractivity contribution in [3.8, 4) is 38.4 Å². The topological polar surface area (TPSA) is 122 Å². The van der Waals surface area contributed by atoms with Crippen molar-refractivity contribution >= 4 is 44.3 Å². The molecular weight excluding hydrogens is 779 g/mol. The SMILES string of the molecule is Cc1sc2c(c1C)C(c1ccc(OCCC3CCN(CCOc4ccc(C(=O)c5c(-c6ccc(O)cc6)sc6cc(O)ccc56)cc4)CC3)cc1)=NCc1nnc(C)n1-2. The zero-order chi connectivity index (χ0) is 40.6. The summed E-state index contributed by atoms with van der Waals surface area (Å²) in [5.74, 6) is 4.19. The molecule has 1 fully saturated rings. The summed E-state index contributed by atoms with van der Waals surface area (Å²) >= 11 is 3.22. The summed E-state index contributed by atoms with van der Waals surface area (Å²) in [4.78, 5) is 23.5. The van der Waals surface area contributed by atoms with Crippen molar-refractivity contribution in [1.82, 2.24) is 19.7 Å². The van der Waals surface area contributed by atoms with E-state index in [0.717, 1.165) is 104 Å². The summed E-state index contributed by atoms with van der Waals surface area (Å²) in [5, 5.41) is 30.6. The van der Waals surface area contributed by atoms with Gasteiger partial charge in [-0.2, -0.15) is 0 Å². The van der Waals surface area contributed by atoms with Crippen LogP contribution in [0.3, 0.4) is 0 Å². The number of fused-ring (bicyclic) bond motifs is 4. The van der Waals surface area contributed by atoms with Crippen molar-refractivity contribution in [2.45, 2.75) is 46.6 Å². The first-order valence-corrected chi connectivity index (χ1v) is 21.7. The van der Waals surface area contributed by atoms with Crippen LogP contribution in [0, 0.1) is 26.7 Å². The van der Waals surface area contributed by atoms with Crippen LogP contribution in [0.5, 0.6) is 23.0 Å². The average Bonchev–Trinajstić information content (AvgIpc) is 3.86. The standard InChI is InChI=1S/C47H45N5O5S2/c1-28-29(2)58-47-42(28)44(48-27-41-50-49-30(3)52(41)47)32-6-13-37(14-7-32)56-24-20-31-18-21-51(22-19-31)23-25-57-38-15-8-33(9-16-38)45(55)43-39-17-12-36(54)26-40(39)59-46(43)34-4-10-35(53)11-5-34/h4-17,26,31,53-54H,18-25,27H2,1-3H3. The van der Waals surface area contributed by atoms with Gasteiger partial charge in [-0.3, -0.25) is 19.3 Å². The lowest BCUT2D eigenvalue weighted by Gasteiger charge is -2.31. The summed E-state index contributed by atoms with van der Waals surface area (Å²) in [7, 11) is 0. The second-order valence-corrected chi connectivity index (χ2v) is 17.6. The Hall–Kier alpha value is -5.82. The fraction of sp³-hybridized carbons (Fsp3) is 0.277. The van der Waals surface area contributed by atoms with E-state index in [2.05, 4.69) is 57.8 Å². The molecule has 2 aliphatic rings. The first kappa shape index (κ1) is 38.7. The number of phenols is 2. The lowest BCUT2D eigenvalue weighted by Crippen LogP contribution is -2.36. The third-order valence-electron chi connectivity index (χ3n) is 11.5. The number of thiophene rings is 2. The van der Waals surface area contributed by atoms with E-state index >= 15 is 0 Å². The van der Waals surface area contributed by atoms with Gasteiger partial charge in [0.2, 0.25) is 0 Å². The monoisotopic (exact) mass is 823 g/mol. The second kappa shape index (κ2) is 16.4. The van der Waals surface area contributed by atoms with Gasteiger partial charge < -0.3 is 19.7 Å². The van der Waals surface area contributed by atoms with Crippen LogP contribution in [0.1, 0.15) is 68.4 Å². The van der Waals surface area contributed by atoms with E-state index in [4.69, 9.17) is 14.5 Å². The number of carbonyl (C=O) groups is 1. The lowest BCUT2D eigenvalue weighted by molar-refractivity contribution is 0.104. The maximum atomic E-state index is 13.9. The van der Waals surface area contributed by atoms with E-state index < -0.39 is 0 Å². The number of aliphatic imine (C=N–C) groups is 1. The largest absolute Gasteiger partial charge is 0.508 e. The molecule has 59 heavy (non-hydrogen) atoms. The Balaban J connectivity index is 0.737. The molecule has 0 radical (unpaired) electrons. The Morgan fingerprint density at radius 3 is 2.22 bits per heavy atom. The zero-order valence-electron chi connectivity index (χ0n) is 33.3. The van der Waals surface area contributed by atoms with E-state index in [1.165, 1.54) is 21.8 Å². The fourth-order valence-electron chi connectivity index (χ4n) is 8.10. The number of aromatic nitrogens is 3. The number of benzene rings is 4. The van der Waals surface area contributed by atoms with Crippen LogP contribution in [0.15, 0.2) is 96.0 Å². The molecule has 0 bridgehead atoms. The number of likely N-dealkylation sites (tertiary alicyclic amines) is 1. The molecule has 10 nitrogen and oxygen atoms in total. The van der Waals surface area contributed by atoms with E-state index in [1.54, 1.807) is 53.8 Å². The summed E-state index contributed by atoms with van der Waals surface area (Å²) in [5.41, 5.74) is 6.46. The molecule has 7 aromatic rings. The van der Waals surface area contributed by atoms with Crippen molar-refractivity contribution in [2.75, 3.05) is 32.8 Å². The van der Waals surface area contributed by atoms with Gasteiger partial charge in [-0.1, -0.05) is 0 Å².